The maximum Gasteiger partial charge on any atom is 0.134 e. The molecule has 0 radical (unpaired) electrons. The van der Waals surface area contributed by atoms with Gasteiger partial charge in [0.1, 0.15) is 5.58 Å². The molecule has 2 N–H and O–H groups in total. The number of benzene rings is 1. The number of hydrogen-bond acceptors (Lipinski definition) is 3. The van der Waals surface area contributed by atoms with E-state index >= 15 is 0 Å². The first kappa shape index (κ1) is 11.2. The minimum atomic E-state index is 0.383. The lowest BCUT2D eigenvalue weighted by molar-refractivity contribution is 0.255. The largest absolute Gasteiger partial charge is 0.464 e. The molecular weight excluding hydrogens is 200 g/mol. The molecular formula is C13H18N2O. The molecule has 1 atom stereocenters. The van der Waals surface area contributed by atoms with Gasteiger partial charge in [0.05, 0.1) is 6.26 Å². The highest BCUT2D eigenvalue weighted by molar-refractivity contribution is 5.80. The van der Waals surface area contributed by atoms with Crippen molar-refractivity contribution in [2.45, 2.75) is 19.5 Å². The molecule has 1 unspecified atom stereocenters. The van der Waals surface area contributed by atoms with Crippen LogP contribution in [0.25, 0.3) is 11.0 Å². The third-order valence-corrected chi connectivity index (χ3v) is 3.07. The summed E-state index contributed by atoms with van der Waals surface area (Å²) in [6.07, 6.45) is 1.84. The maximum atomic E-state index is 5.65. The molecule has 0 saturated carbocycles. The highest BCUT2D eigenvalue weighted by atomic mass is 16.3. The van der Waals surface area contributed by atoms with E-state index in [1.807, 2.05) is 24.5 Å². The molecule has 1 heterocycles. The van der Waals surface area contributed by atoms with Gasteiger partial charge in [-0.15, -0.1) is 0 Å². The van der Waals surface area contributed by atoms with Gasteiger partial charge in [0.25, 0.3) is 0 Å². The Bertz CT molecular complexity index is 464. The van der Waals surface area contributed by atoms with Crippen molar-refractivity contribution in [2.75, 3.05) is 13.6 Å². The second-order valence-electron chi connectivity index (χ2n) is 4.26. The summed E-state index contributed by atoms with van der Waals surface area (Å²) in [5.74, 6) is 0. The molecule has 2 aromatic rings. The van der Waals surface area contributed by atoms with Crippen LogP contribution in [0.4, 0.5) is 0 Å². The van der Waals surface area contributed by atoms with Crippen molar-refractivity contribution in [3.05, 3.63) is 36.1 Å². The molecule has 1 aromatic heterocycles. The Morgan fingerprint density at radius 2 is 2.12 bits per heavy atom. The Morgan fingerprint density at radius 3 is 2.88 bits per heavy atom. The summed E-state index contributed by atoms with van der Waals surface area (Å²) in [4.78, 5) is 2.23. The van der Waals surface area contributed by atoms with Crippen molar-refractivity contribution < 1.29 is 4.42 Å². The van der Waals surface area contributed by atoms with Gasteiger partial charge >= 0.3 is 0 Å². The Labute approximate surface area is 95.8 Å². The van der Waals surface area contributed by atoms with E-state index in [2.05, 4.69) is 24.9 Å². The molecule has 0 spiro atoms. The average molecular weight is 218 g/mol. The third kappa shape index (κ3) is 2.10. The number of para-hydroxylation sites is 1. The van der Waals surface area contributed by atoms with Gasteiger partial charge < -0.3 is 10.2 Å². The van der Waals surface area contributed by atoms with E-state index in [-0.39, 0.29) is 0 Å². The minimum absolute atomic E-state index is 0.383. The predicted molar refractivity (Wildman–Crippen MR) is 66.2 cm³/mol. The van der Waals surface area contributed by atoms with E-state index in [0.717, 1.165) is 12.1 Å². The lowest BCUT2D eigenvalue weighted by Gasteiger charge is -2.22. The molecule has 86 valence electrons. The number of fused-ring (bicyclic) bond motifs is 1. The molecule has 2 rings (SSSR count). The normalized spacial score (nSPS) is 13.5. The van der Waals surface area contributed by atoms with Gasteiger partial charge in [0, 0.05) is 30.1 Å². The summed E-state index contributed by atoms with van der Waals surface area (Å²) >= 11 is 0. The van der Waals surface area contributed by atoms with E-state index in [1.165, 1.54) is 10.9 Å². The summed E-state index contributed by atoms with van der Waals surface area (Å²) in [7, 11) is 2.08. The average Bonchev–Trinajstić information content (AvgIpc) is 2.72. The van der Waals surface area contributed by atoms with E-state index in [9.17, 15) is 0 Å². The van der Waals surface area contributed by atoms with Crippen molar-refractivity contribution >= 4 is 11.0 Å². The standard InChI is InChI=1S/C13H18N2O/c1-10(7-14)15(2)8-11-9-16-13-6-4-3-5-12(11)13/h3-6,9-10H,7-8,14H2,1-2H3. The van der Waals surface area contributed by atoms with Crippen LogP contribution in [0, 0.1) is 0 Å². The molecule has 0 aliphatic carbocycles. The number of likely N-dealkylation sites (N-methyl/N-ethyl adjacent to an activating group) is 1. The van der Waals surface area contributed by atoms with E-state index in [4.69, 9.17) is 10.2 Å². The van der Waals surface area contributed by atoms with Gasteiger partial charge in [-0.25, -0.2) is 0 Å². The molecule has 3 nitrogen and oxygen atoms in total. The first-order chi connectivity index (χ1) is 7.72. The van der Waals surface area contributed by atoms with Crippen molar-refractivity contribution in [1.29, 1.82) is 0 Å². The molecule has 3 heteroatoms. The summed E-state index contributed by atoms with van der Waals surface area (Å²) in [5, 5.41) is 1.19. The van der Waals surface area contributed by atoms with E-state index in [0.29, 0.717) is 12.6 Å². The highest BCUT2D eigenvalue weighted by Crippen LogP contribution is 2.22. The lowest BCUT2D eigenvalue weighted by atomic mass is 10.1. The Morgan fingerprint density at radius 1 is 1.38 bits per heavy atom. The van der Waals surface area contributed by atoms with Crippen LogP contribution in [-0.4, -0.2) is 24.5 Å². The topological polar surface area (TPSA) is 42.4 Å². The molecule has 0 saturated heterocycles. The SMILES string of the molecule is CC(CN)N(C)Cc1coc2ccccc12. The quantitative estimate of drug-likeness (QED) is 0.855. The Balaban J connectivity index is 2.21. The van der Waals surface area contributed by atoms with Crippen LogP contribution in [0.5, 0.6) is 0 Å². The third-order valence-electron chi connectivity index (χ3n) is 3.07. The monoisotopic (exact) mass is 218 g/mol. The van der Waals surface area contributed by atoms with Crippen LogP contribution in [0.3, 0.4) is 0 Å². The number of rotatable bonds is 4. The van der Waals surface area contributed by atoms with Crippen LogP contribution in [-0.2, 0) is 6.54 Å². The molecule has 0 amide bonds. The summed E-state index contributed by atoms with van der Waals surface area (Å²) in [6, 6.07) is 8.49. The maximum absolute atomic E-state index is 5.65. The van der Waals surface area contributed by atoms with E-state index < -0.39 is 0 Å². The van der Waals surface area contributed by atoms with Gasteiger partial charge in [0.15, 0.2) is 0 Å². The summed E-state index contributed by atoms with van der Waals surface area (Å²) in [5.41, 5.74) is 7.82. The van der Waals surface area contributed by atoms with Crippen LogP contribution < -0.4 is 5.73 Å². The fraction of sp³-hybridized carbons (Fsp3) is 0.385. The van der Waals surface area contributed by atoms with Crippen LogP contribution >= 0.6 is 0 Å². The van der Waals surface area contributed by atoms with Crippen LogP contribution in [0.2, 0.25) is 0 Å². The van der Waals surface area contributed by atoms with Gasteiger partial charge in [-0.1, -0.05) is 18.2 Å². The molecule has 0 fully saturated rings. The zero-order valence-corrected chi connectivity index (χ0v) is 9.81. The van der Waals surface area contributed by atoms with Crippen molar-refractivity contribution in [1.82, 2.24) is 4.90 Å². The Hall–Kier alpha value is -1.32. The van der Waals surface area contributed by atoms with Crippen LogP contribution in [0.15, 0.2) is 34.9 Å². The predicted octanol–water partition coefficient (Wildman–Crippen LogP) is 2.21. The number of furan rings is 1. The number of nitrogens with zero attached hydrogens (tertiary/aromatic N) is 1. The fourth-order valence-corrected chi connectivity index (χ4v) is 1.76. The second kappa shape index (κ2) is 4.68. The van der Waals surface area contributed by atoms with Crippen LogP contribution in [0.1, 0.15) is 12.5 Å². The minimum Gasteiger partial charge on any atom is -0.464 e. The lowest BCUT2D eigenvalue weighted by Crippen LogP contribution is -2.34. The van der Waals surface area contributed by atoms with Crippen molar-refractivity contribution in [3.8, 4) is 0 Å². The first-order valence-corrected chi connectivity index (χ1v) is 5.57. The molecule has 0 aliphatic rings. The zero-order chi connectivity index (χ0) is 11.5. The fourth-order valence-electron chi connectivity index (χ4n) is 1.76. The summed E-state index contributed by atoms with van der Waals surface area (Å²) < 4.78 is 5.51. The van der Waals surface area contributed by atoms with Gasteiger partial charge in [-0.3, -0.25) is 4.90 Å². The van der Waals surface area contributed by atoms with Crippen molar-refractivity contribution in [3.63, 3.8) is 0 Å². The molecule has 0 aliphatic heterocycles. The van der Waals surface area contributed by atoms with Gasteiger partial charge in [-0.05, 0) is 20.0 Å². The van der Waals surface area contributed by atoms with Gasteiger partial charge in [0.2, 0.25) is 0 Å². The summed E-state index contributed by atoms with van der Waals surface area (Å²) in [6.45, 7) is 3.67. The Kier molecular flexibility index (Phi) is 3.27. The zero-order valence-electron chi connectivity index (χ0n) is 9.81. The number of hydrogen-bond donors (Lipinski definition) is 1. The van der Waals surface area contributed by atoms with E-state index in [1.54, 1.807) is 0 Å². The molecule has 16 heavy (non-hydrogen) atoms. The molecule has 1 aromatic carbocycles. The van der Waals surface area contributed by atoms with Crippen molar-refractivity contribution in [2.24, 2.45) is 5.73 Å². The molecule has 0 bridgehead atoms. The first-order valence-electron chi connectivity index (χ1n) is 5.57. The second-order valence-corrected chi connectivity index (χ2v) is 4.26. The number of nitrogens with two attached hydrogens (primary N) is 1. The highest BCUT2D eigenvalue weighted by Gasteiger charge is 2.11. The van der Waals surface area contributed by atoms with Gasteiger partial charge in [-0.2, -0.15) is 0 Å². The smallest absolute Gasteiger partial charge is 0.134 e.